The van der Waals surface area contributed by atoms with Crippen molar-refractivity contribution in [3.8, 4) is 5.75 Å². The number of thioether (sulfide) groups is 1. The number of hydrogen-bond donors (Lipinski definition) is 1. The van der Waals surface area contributed by atoms with Crippen molar-refractivity contribution in [3.05, 3.63) is 68.5 Å². The molecule has 3 rings (SSSR count). The van der Waals surface area contributed by atoms with E-state index in [9.17, 15) is 18.0 Å². The van der Waals surface area contributed by atoms with Crippen LogP contribution in [0.25, 0.3) is 6.08 Å². The van der Waals surface area contributed by atoms with Crippen LogP contribution in [0.2, 0.25) is 0 Å². The summed E-state index contributed by atoms with van der Waals surface area (Å²) in [6.07, 6.45) is -2.64. The lowest BCUT2D eigenvalue weighted by Gasteiger charge is -2.10. The molecule has 1 N–H and O–H groups in total. The van der Waals surface area contributed by atoms with Gasteiger partial charge in [-0.3, -0.25) is 4.79 Å². The number of thiocarbonyl (C=S) groups is 1. The van der Waals surface area contributed by atoms with E-state index in [2.05, 4.69) is 21.2 Å². The van der Waals surface area contributed by atoms with Crippen molar-refractivity contribution in [1.82, 2.24) is 5.32 Å². The average Bonchev–Trinajstić information content (AvgIpc) is 2.91. The molecular weight excluding hydrogens is 463 g/mol. The molecule has 1 saturated heterocycles. The van der Waals surface area contributed by atoms with E-state index in [4.69, 9.17) is 17.0 Å². The van der Waals surface area contributed by atoms with Crippen LogP contribution < -0.4 is 10.1 Å². The number of amides is 1. The summed E-state index contributed by atoms with van der Waals surface area (Å²) in [6, 6.07) is 10.1. The maximum atomic E-state index is 12.6. The first-order valence-electron chi connectivity index (χ1n) is 7.56. The third-order valence-corrected chi connectivity index (χ3v) is 5.35. The lowest BCUT2D eigenvalue weighted by Crippen LogP contribution is -2.17. The monoisotopic (exact) mass is 473 g/mol. The van der Waals surface area contributed by atoms with Crippen molar-refractivity contribution >= 4 is 56.2 Å². The number of nitrogens with one attached hydrogen (secondary N) is 1. The third-order valence-electron chi connectivity index (χ3n) is 3.57. The summed E-state index contributed by atoms with van der Waals surface area (Å²) in [6.45, 7) is 0.129. The second-order valence-electron chi connectivity index (χ2n) is 5.53. The van der Waals surface area contributed by atoms with Gasteiger partial charge in [0.05, 0.1) is 14.9 Å². The number of carbonyl (C=O) groups excluding carboxylic acids is 1. The Labute approximate surface area is 171 Å². The quantitative estimate of drug-likeness (QED) is 0.467. The predicted molar refractivity (Wildman–Crippen MR) is 106 cm³/mol. The number of halogens is 4. The van der Waals surface area contributed by atoms with E-state index in [1.807, 2.05) is 0 Å². The summed E-state index contributed by atoms with van der Waals surface area (Å²) in [5.74, 6) is 0.305. The first kappa shape index (κ1) is 19.9. The molecule has 1 aliphatic heterocycles. The van der Waals surface area contributed by atoms with Crippen molar-refractivity contribution in [2.45, 2.75) is 12.8 Å². The second kappa shape index (κ2) is 8.04. The average molecular weight is 474 g/mol. The van der Waals surface area contributed by atoms with Crippen molar-refractivity contribution in [1.29, 1.82) is 0 Å². The molecule has 1 aliphatic rings. The predicted octanol–water partition coefficient (Wildman–Crippen LogP) is 5.54. The van der Waals surface area contributed by atoms with Crippen molar-refractivity contribution in [2.24, 2.45) is 0 Å². The fraction of sp³-hybridized carbons (Fsp3) is 0.111. The number of benzene rings is 2. The fourth-order valence-corrected chi connectivity index (χ4v) is 3.80. The van der Waals surface area contributed by atoms with Crippen LogP contribution in [0.3, 0.4) is 0 Å². The van der Waals surface area contributed by atoms with Crippen molar-refractivity contribution in [2.75, 3.05) is 0 Å². The van der Waals surface area contributed by atoms with Gasteiger partial charge in [0.15, 0.2) is 0 Å². The van der Waals surface area contributed by atoms with Gasteiger partial charge in [-0.2, -0.15) is 13.2 Å². The summed E-state index contributed by atoms with van der Waals surface area (Å²) in [5.41, 5.74) is 0.706. The molecule has 0 spiro atoms. The van der Waals surface area contributed by atoms with Crippen molar-refractivity contribution in [3.63, 3.8) is 0 Å². The molecule has 0 atom stereocenters. The zero-order chi connectivity index (χ0) is 19.6. The number of ether oxygens (including phenoxy) is 1. The molecule has 1 fully saturated rings. The Morgan fingerprint density at radius 3 is 2.44 bits per heavy atom. The SMILES string of the molecule is O=C1NC(=S)S/C1=C\c1ccc(OCc2ccc(C(F)(F)F)cc2)c(Br)c1. The van der Waals surface area contributed by atoms with Crippen LogP contribution in [0, 0.1) is 0 Å². The Balaban J connectivity index is 1.67. The van der Waals surface area contributed by atoms with Gasteiger partial charge in [0.25, 0.3) is 5.91 Å². The maximum absolute atomic E-state index is 12.6. The lowest BCUT2D eigenvalue weighted by molar-refractivity contribution is -0.137. The third kappa shape index (κ3) is 5.12. The minimum absolute atomic E-state index is 0.129. The van der Waals surface area contributed by atoms with Gasteiger partial charge in [-0.15, -0.1) is 0 Å². The van der Waals surface area contributed by atoms with Gasteiger partial charge in [-0.1, -0.05) is 42.2 Å². The molecule has 1 heterocycles. The van der Waals surface area contributed by atoms with E-state index in [1.54, 1.807) is 24.3 Å². The molecule has 2 aromatic carbocycles. The maximum Gasteiger partial charge on any atom is 0.416 e. The summed E-state index contributed by atoms with van der Waals surface area (Å²) < 4.78 is 44.5. The molecule has 3 nitrogen and oxygen atoms in total. The molecule has 0 aliphatic carbocycles. The highest BCUT2D eigenvalue weighted by Crippen LogP contribution is 2.31. The summed E-state index contributed by atoms with van der Waals surface area (Å²) in [5, 5.41) is 2.55. The summed E-state index contributed by atoms with van der Waals surface area (Å²) in [7, 11) is 0. The molecule has 2 aromatic rings. The van der Waals surface area contributed by atoms with Gasteiger partial charge >= 0.3 is 6.18 Å². The molecule has 9 heteroatoms. The van der Waals surface area contributed by atoms with Gasteiger partial charge in [0, 0.05) is 0 Å². The Hall–Kier alpha value is -1.84. The van der Waals surface area contributed by atoms with E-state index in [-0.39, 0.29) is 12.5 Å². The lowest BCUT2D eigenvalue weighted by atomic mass is 10.1. The number of alkyl halides is 3. The van der Waals surface area contributed by atoms with Gasteiger partial charge in [-0.05, 0) is 57.4 Å². The zero-order valence-electron chi connectivity index (χ0n) is 13.5. The van der Waals surface area contributed by atoms with E-state index in [0.29, 0.717) is 25.0 Å². The van der Waals surface area contributed by atoms with E-state index < -0.39 is 11.7 Å². The normalized spacial score (nSPS) is 15.9. The highest BCUT2D eigenvalue weighted by atomic mass is 79.9. The second-order valence-corrected chi connectivity index (χ2v) is 8.10. The summed E-state index contributed by atoms with van der Waals surface area (Å²) in [4.78, 5) is 12.2. The van der Waals surface area contributed by atoms with Crippen LogP contribution in [0.4, 0.5) is 13.2 Å². The molecule has 1 amide bonds. The Bertz CT molecular complexity index is 927. The van der Waals surface area contributed by atoms with E-state index >= 15 is 0 Å². The standard InChI is InChI=1S/C18H11BrF3NO2S2/c19-13-7-11(8-15-16(24)23-17(26)27-15)3-6-14(13)25-9-10-1-4-12(5-2-10)18(20,21)22/h1-8H,9H2,(H,23,24,26)/b15-8-. The highest BCUT2D eigenvalue weighted by Gasteiger charge is 2.29. The molecule has 0 radical (unpaired) electrons. The van der Waals surface area contributed by atoms with Gasteiger partial charge in [0.2, 0.25) is 0 Å². The largest absolute Gasteiger partial charge is 0.488 e. The fourth-order valence-electron chi connectivity index (χ4n) is 2.25. The molecule has 0 aromatic heterocycles. The molecule has 27 heavy (non-hydrogen) atoms. The first-order chi connectivity index (χ1) is 12.7. The number of carbonyl (C=O) groups is 1. The Morgan fingerprint density at radius 1 is 1.19 bits per heavy atom. The summed E-state index contributed by atoms with van der Waals surface area (Å²) >= 11 is 9.54. The minimum Gasteiger partial charge on any atom is -0.488 e. The van der Waals surface area contributed by atoms with Crippen molar-refractivity contribution < 1.29 is 22.7 Å². The van der Waals surface area contributed by atoms with Crippen LogP contribution >= 0.6 is 39.9 Å². The first-order valence-corrected chi connectivity index (χ1v) is 9.57. The van der Waals surface area contributed by atoms with Crippen LogP contribution in [-0.2, 0) is 17.6 Å². The van der Waals surface area contributed by atoms with Gasteiger partial charge in [-0.25, -0.2) is 0 Å². The smallest absolute Gasteiger partial charge is 0.416 e. The van der Waals surface area contributed by atoms with Crippen LogP contribution in [-0.4, -0.2) is 10.2 Å². The molecule has 140 valence electrons. The Kier molecular flexibility index (Phi) is 5.92. The van der Waals surface area contributed by atoms with Crippen LogP contribution in [0.1, 0.15) is 16.7 Å². The van der Waals surface area contributed by atoms with Crippen LogP contribution in [0.15, 0.2) is 51.8 Å². The molecule has 0 unspecified atom stereocenters. The van der Waals surface area contributed by atoms with Crippen LogP contribution in [0.5, 0.6) is 5.75 Å². The molecule has 0 bridgehead atoms. The minimum atomic E-state index is -4.36. The van der Waals surface area contributed by atoms with E-state index in [0.717, 1.165) is 17.7 Å². The van der Waals surface area contributed by atoms with Gasteiger partial charge in [0.1, 0.15) is 16.7 Å². The number of hydrogen-bond acceptors (Lipinski definition) is 4. The topological polar surface area (TPSA) is 38.3 Å². The zero-order valence-corrected chi connectivity index (χ0v) is 16.7. The highest BCUT2D eigenvalue weighted by molar-refractivity contribution is 9.10. The van der Waals surface area contributed by atoms with Gasteiger partial charge < -0.3 is 10.1 Å². The Morgan fingerprint density at radius 2 is 1.89 bits per heavy atom. The number of rotatable bonds is 4. The van der Waals surface area contributed by atoms with E-state index in [1.165, 1.54) is 23.9 Å². The molecule has 0 saturated carbocycles. The molecular formula is C18H11BrF3NO2S2.